The second-order valence-electron chi connectivity index (χ2n) is 10.1. The molecular weight excluding hydrogens is 538 g/mol. The van der Waals surface area contributed by atoms with Gasteiger partial charge in [0.2, 0.25) is 23.0 Å². The Morgan fingerprint density at radius 3 is 2.52 bits per heavy atom. The largest absolute Gasteiger partial charge is 0.493 e. The molecule has 0 bridgehead atoms. The maximum Gasteiger partial charge on any atom is 0.243 e. The number of carbonyl (C=O) groups excluding carboxylic acids is 2. The van der Waals surface area contributed by atoms with E-state index in [1.165, 1.54) is 20.1 Å². The zero-order valence-electron chi connectivity index (χ0n) is 24.2. The third kappa shape index (κ3) is 5.45. The Morgan fingerprint density at radius 2 is 1.81 bits per heavy atom. The Kier molecular flexibility index (Phi) is 8.01. The number of aromatic nitrogens is 2. The first-order chi connectivity index (χ1) is 20.2. The second-order valence-corrected chi connectivity index (χ2v) is 10.1. The molecule has 11 nitrogen and oxygen atoms in total. The van der Waals surface area contributed by atoms with E-state index < -0.39 is 6.04 Å². The van der Waals surface area contributed by atoms with Crippen molar-refractivity contribution in [2.75, 3.05) is 38.5 Å². The highest BCUT2D eigenvalue weighted by atomic mass is 16.5. The van der Waals surface area contributed by atoms with Gasteiger partial charge in [-0.15, -0.1) is 0 Å². The molecule has 1 aliphatic carbocycles. The molecule has 11 heteroatoms. The quantitative estimate of drug-likeness (QED) is 0.291. The third-order valence-electron chi connectivity index (χ3n) is 7.36. The summed E-state index contributed by atoms with van der Waals surface area (Å²) in [7, 11) is 6.54. The zero-order valence-corrected chi connectivity index (χ0v) is 24.2. The van der Waals surface area contributed by atoms with E-state index in [1.807, 2.05) is 23.7 Å². The summed E-state index contributed by atoms with van der Waals surface area (Å²) >= 11 is 0. The summed E-state index contributed by atoms with van der Waals surface area (Å²) in [5.41, 5.74) is 5.26. The van der Waals surface area contributed by atoms with Crippen LogP contribution >= 0.6 is 0 Å². The van der Waals surface area contributed by atoms with Crippen LogP contribution in [0.5, 0.6) is 17.2 Å². The van der Waals surface area contributed by atoms with Gasteiger partial charge in [0.15, 0.2) is 11.5 Å². The first-order valence-electron chi connectivity index (χ1n) is 13.5. The van der Waals surface area contributed by atoms with Gasteiger partial charge in [0.1, 0.15) is 0 Å². The van der Waals surface area contributed by atoms with Crippen molar-refractivity contribution in [3.8, 4) is 28.4 Å². The number of nitrogens with zero attached hydrogens (tertiary/aromatic N) is 2. The molecule has 5 rings (SSSR count). The minimum atomic E-state index is -0.427. The number of amides is 2. The molecule has 1 atom stereocenters. The molecule has 1 aromatic heterocycles. The molecule has 2 amide bonds. The van der Waals surface area contributed by atoms with Crippen molar-refractivity contribution < 1.29 is 23.8 Å². The molecule has 0 unspecified atom stereocenters. The van der Waals surface area contributed by atoms with Crippen molar-refractivity contribution >= 4 is 34.2 Å². The summed E-state index contributed by atoms with van der Waals surface area (Å²) in [6.07, 6.45) is 2.86. The number of benzene rings is 2. The van der Waals surface area contributed by atoms with E-state index in [0.29, 0.717) is 46.9 Å². The number of carbonyl (C=O) groups is 2. The molecule has 1 aliphatic rings. The number of imidazole rings is 1. The van der Waals surface area contributed by atoms with Crippen molar-refractivity contribution in [3.63, 3.8) is 0 Å². The van der Waals surface area contributed by atoms with Crippen LogP contribution < -0.4 is 35.6 Å². The minimum absolute atomic E-state index is 0.135. The van der Waals surface area contributed by atoms with Crippen LogP contribution in [0.3, 0.4) is 0 Å². The average Bonchev–Trinajstić information content (AvgIpc) is 3.17. The Balaban J connectivity index is 1.50. The summed E-state index contributed by atoms with van der Waals surface area (Å²) in [6, 6.07) is 11.9. The van der Waals surface area contributed by atoms with E-state index in [2.05, 4.69) is 20.9 Å². The van der Waals surface area contributed by atoms with Gasteiger partial charge in [-0.2, -0.15) is 0 Å². The zero-order chi connectivity index (χ0) is 30.0. The highest BCUT2D eigenvalue weighted by molar-refractivity contribution is 5.95. The molecule has 0 aliphatic heterocycles. The molecule has 0 saturated carbocycles. The number of nitrogens with one attached hydrogen (secondary N) is 3. The van der Waals surface area contributed by atoms with Gasteiger partial charge in [0.05, 0.1) is 57.0 Å². The van der Waals surface area contributed by atoms with E-state index in [-0.39, 0.29) is 29.5 Å². The summed E-state index contributed by atoms with van der Waals surface area (Å²) in [5.74, 6) is 0.882. The SMILES string of the molecule is COc1cc2c(c(OC)c1OC)-c1ccc(NCC(=O)Nc3ccc4c(c3)ncn4C)c(=O)cc1[C@@H](NC(C)=O)CC2. The van der Waals surface area contributed by atoms with Crippen LogP contribution in [-0.2, 0) is 23.1 Å². The Morgan fingerprint density at radius 1 is 1.02 bits per heavy atom. The monoisotopic (exact) mass is 571 g/mol. The first kappa shape index (κ1) is 28.5. The van der Waals surface area contributed by atoms with Gasteiger partial charge >= 0.3 is 0 Å². The van der Waals surface area contributed by atoms with E-state index in [1.54, 1.807) is 44.8 Å². The van der Waals surface area contributed by atoms with Crippen LogP contribution in [0.2, 0.25) is 0 Å². The molecule has 0 spiro atoms. The van der Waals surface area contributed by atoms with Gasteiger partial charge in [-0.1, -0.05) is 6.07 Å². The molecule has 1 heterocycles. The van der Waals surface area contributed by atoms with Crippen molar-refractivity contribution in [1.82, 2.24) is 14.9 Å². The molecule has 0 saturated heterocycles. The predicted molar refractivity (Wildman–Crippen MR) is 161 cm³/mol. The lowest BCUT2D eigenvalue weighted by atomic mass is 9.95. The highest BCUT2D eigenvalue weighted by Gasteiger charge is 2.29. The molecular formula is C31H33N5O6. The lowest BCUT2D eigenvalue weighted by molar-refractivity contribution is -0.119. The number of aryl methyl sites for hydroxylation is 2. The van der Waals surface area contributed by atoms with E-state index >= 15 is 0 Å². The Hall–Kier alpha value is -5.06. The van der Waals surface area contributed by atoms with Gasteiger partial charge < -0.3 is 34.7 Å². The molecule has 3 N–H and O–H groups in total. The van der Waals surface area contributed by atoms with Gasteiger partial charge in [-0.3, -0.25) is 14.4 Å². The van der Waals surface area contributed by atoms with Crippen LogP contribution in [0.15, 0.2) is 53.6 Å². The summed E-state index contributed by atoms with van der Waals surface area (Å²) in [4.78, 5) is 42.7. The van der Waals surface area contributed by atoms with E-state index in [4.69, 9.17) is 14.2 Å². The predicted octanol–water partition coefficient (Wildman–Crippen LogP) is 3.80. The number of hydrogen-bond acceptors (Lipinski definition) is 8. The van der Waals surface area contributed by atoms with Crippen molar-refractivity contribution in [2.45, 2.75) is 25.8 Å². The van der Waals surface area contributed by atoms with Crippen molar-refractivity contribution in [1.29, 1.82) is 0 Å². The molecule has 3 aromatic carbocycles. The topological polar surface area (TPSA) is 133 Å². The normalized spacial score (nSPS) is 13.8. The highest BCUT2D eigenvalue weighted by Crippen LogP contribution is 2.50. The summed E-state index contributed by atoms with van der Waals surface area (Å²) < 4.78 is 18.9. The standard InChI is InChI=1S/C31H33N5O6/c1-17(37)34-22-9-6-18-12-27(40-3)30(41-4)31(42-5)29(18)20-8-10-23(26(38)14-21(20)22)32-15-28(39)35-19-7-11-25-24(13-19)33-16-36(25)2/h7-8,10-14,16,22H,6,9,15H2,1-5H3,(H,32,38)(H,34,37)(H,35,39)/t22-/m0/s1. The van der Waals surface area contributed by atoms with Crippen LogP contribution in [0.4, 0.5) is 11.4 Å². The first-order valence-corrected chi connectivity index (χ1v) is 13.5. The van der Waals surface area contributed by atoms with Gasteiger partial charge in [0.25, 0.3) is 0 Å². The van der Waals surface area contributed by atoms with Crippen LogP contribution in [0, 0.1) is 0 Å². The Labute approximate surface area is 242 Å². The van der Waals surface area contributed by atoms with Crippen molar-refractivity contribution in [3.05, 3.63) is 70.1 Å². The summed E-state index contributed by atoms with van der Waals surface area (Å²) in [5, 5.41) is 8.80. The van der Waals surface area contributed by atoms with Crippen molar-refractivity contribution in [2.24, 2.45) is 7.05 Å². The number of ether oxygens (including phenoxy) is 3. The third-order valence-corrected chi connectivity index (χ3v) is 7.36. The van der Waals surface area contributed by atoms with Gasteiger partial charge in [0, 0.05) is 25.2 Å². The number of rotatable bonds is 8. The van der Waals surface area contributed by atoms with E-state index in [0.717, 1.165) is 22.2 Å². The smallest absolute Gasteiger partial charge is 0.243 e. The van der Waals surface area contributed by atoms with Crippen LogP contribution in [-0.4, -0.2) is 49.2 Å². The lowest BCUT2D eigenvalue weighted by Gasteiger charge is -2.19. The lowest BCUT2D eigenvalue weighted by Crippen LogP contribution is -2.27. The number of fused-ring (bicyclic) bond motifs is 4. The maximum atomic E-state index is 13.5. The number of anilines is 2. The molecule has 42 heavy (non-hydrogen) atoms. The number of hydrogen-bond donors (Lipinski definition) is 3. The van der Waals surface area contributed by atoms with E-state index in [9.17, 15) is 14.4 Å². The second kappa shape index (κ2) is 11.8. The molecule has 4 aromatic rings. The van der Waals surface area contributed by atoms with Crippen LogP contribution in [0.25, 0.3) is 22.2 Å². The fourth-order valence-corrected chi connectivity index (χ4v) is 5.45. The van der Waals surface area contributed by atoms with Crippen LogP contribution in [0.1, 0.15) is 30.5 Å². The van der Waals surface area contributed by atoms with Gasteiger partial charge in [-0.25, -0.2) is 4.98 Å². The fraction of sp³-hybridized carbons (Fsp3) is 0.290. The number of methoxy groups -OCH3 is 3. The fourth-order valence-electron chi connectivity index (χ4n) is 5.45. The Bertz CT molecular complexity index is 1750. The molecule has 218 valence electrons. The molecule has 0 fully saturated rings. The minimum Gasteiger partial charge on any atom is -0.493 e. The summed E-state index contributed by atoms with van der Waals surface area (Å²) in [6.45, 7) is 1.31. The molecule has 0 radical (unpaired) electrons. The maximum absolute atomic E-state index is 13.5. The average molecular weight is 572 g/mol. The van der Waals surface area contributed by atoms with Gasteiger partial charge in [-0.05, 0) is 65.9 Å².